The summed E-state index contributed by atoms with van der Waals surface area (Å²) in [5.74, 6) is -2.02. The molecule has 1 aliphatic carbocycles. The van der Waals surface area contributed by atoms with Crippen LogP contribution in [0.4, 0.5) is 0 Å². The molecule has 3 aromatic rings. The van der Waals surface area contributed by atoms with Crippen LogP contribution in [0.25, 0.3) is 10.8 Å². The lowest BCUT2D eigenvalue weighted by Crippen LogP contribution is -2.48. The van der Waals surface area contributed by atoms with Gasteiger partial charge in [-0.05, 0) is 40.5 Å². The van der Waals surface area contributed by atoms with Gasteiger partial charge in [-0.15, -0.1) is 0 Å². The van der Waals surface area contributed by atoms with E-state index in [0.717, 1.165) is 16.3 Å². The molecule has 0 amide bonds. The van der Waals surface area contributed by atoms with E-state index in [0.29, 0.717) is 22.4 Å². The number of carbonyl (C=O) groups is 1. The van der Waals surface area contributed by atoms with E-state index in [4.69, 9.17) is 4.74 Å². The third kappa shape index (κ3) is 1.64. The number of rotatable bonds is 1. The predicted octanol–water partition coefficient (Wildman–Crippen LogP) is 3.58. The number of carbonyl (C=O) groups excluding carboxylic acids is 1. The highest BCUT2D eigenvalue weighted by atomic mass is 16.7. The van der Waals surface area contributed by atoms with Crippen LogP contribution >= 0.6 is 0 Å². The number of hydrogen-bond acceptors (Lipinski definition) is 4. The molecule has 2 atom stereocenters. The molecule has 4 heteroatoms. The molecule has 26 heavy (non-hydrogen) atoms. The van der Waals surface area contributed by atoms with Crippen LogP contribution in [-0.4, -0.2) is 16.0 Å². The summed E-state index contributed by atoms with van der Waals surface area (Å²) >= 11 is 0. The first kappa shape index (κ1) is 15.6. The van der Waals surface area contributed by atoms with Crippen molar-refractivity contribution < 1.29 is 19.7 Å². The molecular weight excluding hydrogens is 328 g/mol. The fraction of sp³-hybridized carbons (Fsp3) is 0.227. The lowest BCUT2D eigenvalue weighted by Gasteiger charge is -2.28. The molecule has 0 radical (unpaired) electrons. The fourth-order valence-corrected chi connectivity index (χ4v) is 4.13. The molecule has 0 fully saturated rings. The van der Waals surface area contributed by atoms with Gasteiger partial charge in [-0.2, -0.15) is 0 Å². The molecule has 0 bridgehead atoms. The van der Waals surface area contributed by atoms with Gasteiger partial charge in [-0.25, -0.2) is 0 Å². The van der Waals surface area contributed by atoms with E-state index >= 15 is 0 Å². The summed E-state index contributed by atoms with van der Waals surface area (Å²) in [6, 6.07) is 16.4. The molecular formula is C22H18O4. The van der Waals surface area contributed by atoms with Crippen LogP contribution < -0.4 is 4.74 Å². The summed E-state index contributed by atoms with van der Waals surface area (Å²) in [7, 11) is 0. The normalized spacial score (nSPS) is 26.0. The Hall–Kier alpha value is -2.69. The number of aliphatic hydroxyl groups is 2. The highest BCUT2D eigenvalue weighted by Gasteiger charge is 2.70. The van der Waals surface area contributed by atoms with Crippen LogP contribution in [0.5, 0.6) is 5.75 Å². The van der Waals surface area contributed by atoms with E-state index in [2.05, 4.69) is 0 Å². The summed E-state index contributed by atoms with van der Waals surface area (Å²) in [5, 5.41) is 24.4. The summed E-state index contributed by atoms with van der Waals surface area (Å²) in [6.45, 7) is 4.10. The summed E-state index contributed by atoms with van der Waals surface area (Å²) in [4.78, 5) is 13.1. The molecule has 1 heterocycles. The van der Waals surface area contributed by atoms with Gasteiger partial charge in [0.25, 0.3) is 5.79 Å². The summed E-state index contributed by atoms with van der Waals surface area (Å²) in [5.41, 5.74) is -0.188. The molecule has 2 aliphatic rings. The smallest absolute Gasteiger partial charge is 0.276 e. The maximum atomic E-state index is 13.1. The van der Waals surface area contributed by atoms with Crippen molar-refractivity contribution in [3.8, 4) is 5.75 Å². The van der Waals surface area contributed by atoms with Crippen molar-refractivity contribution in [2.24, 2.45) is 0 Å². The lowest BCUT2D eigenvalue weighted by molar-refractivity contribution is -0.224. The Morgan fingerprint density at radius 2 is 1.62 bits per heavy atom. The molecule has 0 saturated heterocycles. The summed E-state index contributed by atoms with van der Waals surface area (Å²) < 4.78 is 5.84. The topological polar surface area (TPSA) is 66.8 Å². The molecule has 2 unspecified atom stereocenters. The van der Waals surface area contributed by atoms with Crippen LogP contribution in [-0.2, 0) is 11.4 Å². The largest absolute Gasteiger partial charge is 0.454 e. The van der Waals surface area contributed by atoms with Gasteiger partial charge in [0, 0.05) is 16.7 Å². The van der Waals surface area contributed by atoms with E-state index in [1.165, 1.54) is 0 Å². The molecule has 130 valence electrons. The Balaban J connectivity index is 1.77. The van der Waals surface area contributed by atoms with Gasteiger partial charge in [0.2, 0.25) is 11.4 Å². The monoisotopic (exact) mass is 346 g/mol. The SMILES string of the molecule is CC(C)c1ccc2c(c1)OC1(O)c3cc4ccccc4cc3C(=O)C21O. The van der Waals surface area contributed by atoms with Crippen molar-refractivity contribution in [3.05, 3.63) is 76.9 Å². The van der Waals surface area contributed by atoms with E-state index in [-0.39, 0.29) is 5.92 Å². The van der Waals surface area contributed by atoms with Crippen LogP contribution in [0.3, 0.4) is 0 Å². The van der Waals surface area contributed by atoms with Crippen molar-refractivity contribution in [1.29, 1.82) is 0 Å². The quantitative estimate of drug-likeness (QED) is 0.707. The average Bonchev–Trinajstić information content (AvgIpc) is 2.96. The van der Waals surface area contributed by atoms with E-state index in [1.807, 2.05) is 44.2 Å². The first-order valence-electron chi connectivity index (χ1n) is 8.72. The predicted molar refractivity (Wildman–Crippen MR) is 97.2 cm³/mol. The zero-order valence-corrected chi connectivity index (χ0v) is 14.5. The molecule has 0 aromatic heterocycles. The third-order valence-electron chi connectivity index (χ3n) is 5.63. The second kappa shape index (κ2) is 4.72. The number of ketones is 1. The highest BCUT2D eigenvalue weighted by molar-refractivity contribution is 6.12. The maximum absolute atomic E-state index is 13.1. The number of Topliss-reactive ketones (excluding diaryl/α,β-unsaturated/α-hetero) is 1. The van der Waals surface area contributed by atoms with Gasteiger partial charge in [-0.1, -0.05) is 50.2 Å². The number of benzene rings is 3. The Bertz CT molecular complexity index is 1100. The minimum atomic E-state index is -2.13. The molecule has 2 N–H and O–H groups in total. The third-order valence-corrected chi connectivity index (χ3v) is 5.63. The summed E-state index contributed by atoms with van der Waals surface area (Å²) in [6.07, 6.45) is 0. The molecule has 5 rings (SSSR count). The minimum Gasteiger partial charge on any atom is -0.454 e. The van der Waals surface area contributed by atoms with Crippen LogP contribution in [0.2, 0.25) is 0 Å². The van der Waals surface area contributed by atoms with Crippen LogP contribution in [0.15, 0.2) is 54.6 Å². The maximum Gasteiger partial charge on any atom is 0.276 e. The molecule has 3 aromatic carbocycles. The van der Waals surface area contributed by atoms with E-state index in [1.54, 1.807) is 24.3 Å². The van der Waals surface area contributed by atoms with Crippen molar-refractivity contribution in [3.63, 3.8) is 0 Å². The van der Waals surface area contributed by atoms with Crippen LogP contribution in [0.1, 0.15) is 46.8 Å². The Morgan fingerprint density at radius 3 is 2.31 bits per heavy atom. The zero-order chi connectivity index (χ0) is 18.3. The second-order valence-corrected chi connectivity index (χ2v) is 7.44. The van der Waals surface area contributed by atoms with E-state index < -0.39 is 17.2 Å². The van der Waals surface area contributed by atoms with Gasteiger partial charge in [-0.3, -0.25) is 4.79 Å². The number of hydrogen-bond donors (Lipinski definition) is 2. The lowest BCUT2D eigenvalue weighted by atomic mass is 9.86. The van der Waals surface area contributed by atoms with E-state index in [9.17, 15) is 15.0 Å². The van der Waals surface area contributed by atoms with Crippen molar-refractivity contribution in [2.45, 2.75) is 31.2 Å². The molecule has 0 saturated carbocycles. The Labute approximate surface area is 150 Å². The minimum absolute atomic E-state index is 0.264. The molecule has 0 spiro atoms. The Morgan fingerprint density at radius 1 is 0.923 bits per heavy atom. The first-order chi connectivity index (χ1) is 12.4. The number of ether oxygens (including phenoxy) is 1. The van der Waals surface area contributed by atoms with Gasteiger partial charge in [0.05, 0.1) is 0 Å². The van der Waals surface area contributed by atoms with Crippen LogP contribution in [0, 0.1) is 0 Å². The van der Waals surface area contributed by atoms with Crippen molar-refractivity contribution >= 4 is 16.6 Å². The molecule has 1 aliphatic heterocycles. The standard InChI is InChI=1S/C22H18O4/c1-12(2)13-7-8-17-19(11-13)26-22(25)18-10-15-6-4-3-5-14(15)9-16(18)20(23)21(17,22)24/h3-12,24-25H,1-2H3. The van der Waals surface area contributed by atoms with Gasteiger partial charge in [0.15, 0.2) is 0 Å². The van der Waals surface area contributed by atoms with Crippen molar-refractivity contribution in [2.75, 3.05) is 0 Å². The highest BCUT2D eigenvalue weighted by Crippen LogP contribution is 2.58. The molecule has 4 nitrogen and oxygen atoms in total. The van der Waals surface area contributed by atoms with Gasteiger partial charge < -0.3 is 14.9 Å². The number of fused-ring (bicyclic) bond motifs is 6. The van der Waals surface area contributed by atoms with Gasteiger partial charge in [0.1, 0.15) is 5.75 Å². The zero-order valence-electron chi connectivity index (χ0n) is 14.5. The average molecular weight is 346 g/mol. The second-order valence-electron chi connectivity index (χ2n) is 7.44. The van der Waals surface area contributed by atoms with Crippen molar-refractivity contribution in [1.82, 2.24) is 0 Å². The van der Waals surface area contributed by atoms with Gasteiger partial charge >= 0.3 is 0 Å². The Kier molecular flexibility index (Phi) is 2.83. The first-order valence-corrected chi connectivity index (χ1v) is 8.72. The fourth-order valence-electron chi connectivity index (χ4n) is 4.13.